The van der Waals surface area contributed by atoms with Gasteiger partial charge in [-0.2, -0.15) is 0 Å². The molecule has 106 valence electrons. The van der Waals surface area contributed by atoms with Gasteiger partial charge in [0.2, 0.25) is 0 Å². The van der Waals surface area contributed by atoms with Crippen LogP contribution < -0.4 is 0 Å². The van der Waals surface area contributed by atoms with E-state index < -0.39 is 44.2 Å². The lowest BCUT2D eigenvalue weighted by Crippen LogP contribution is -2.42. The van der Waals surface area contributed by atoms with Crippen LogP contribution in [0.15, 0.2) is 0 Å². The second kappa shape index (κ2) is 7.03. The maximum Gasteiger partial charge on any atom is 0.466 e. The first-order chi connectivity index (χ1) is 7.78. The van der Waals surface area contributed by atoms with E-state index in [2.05, 4.69) is 0 Å². The molecule has 0 aromatic heterocycles. The van der Waals surface area contributed by atoms with E-state index in [9.17, 15) is 14.4 Å². The third-order valence-corrected chi connectivity index (χ3v) is 1.29. The highest BCUT2D eigenvalue weighted by Crippen LogP contribution is 2.25. The highest BCUT2D eigenvalue weighted by molar-refractivity contribution is 7.45. The summed E-state index contributed by atoms with van der Waals surface area (Å²) in [5.41, 5.74) is -2.74. The fraction of sp³-hybridized carbons (Fsp3) is 0.500. The molecule has 0 fully saturated rings. The SMILES string of the molecule is O=C(O)CC(O)(CC(=O)O)C(=O)O.O=P(O)(O)O. The summed E-state index contributed by atoms with van der Waals surface area (Å²) in [6, 6.07) is 0. The molecule has 7 N–H and O–H groups in total. The van der Waals surface area contributed by atoms with Crippen LogP contribution in [0.25, 0.3) is 0 Å². The molecule has 0 saturated heterocycles. The number of aliphatic carboxylic acids is 3. The fourth-order valence-electron chi connectivity index (χ4n) is 0.714. The zero-order valence-corrected chi connectivity index (χ0v) is 9.52. The summed E-state index contributed by atoms with van der Waals surface area (Å²) in [6.07, 6.45) is -2.29. The van der Waals surface area contributed by atoms with Crippen molar-refractivity contribution in [2.24, 2.45) is 0 Å². The van der Waals surface area contributed by atoms with Crippen LogP contribution in [0.2, 0.25) is 0 Å². The molecule has 0 heterocycles. The van der Waals surface area contributed by atoms with Crippen LogP contribution in [0, 0.1) is 0 Å². The summed E-state index contributed by atoms with van der Waals surface area (Å²) in [5, 5.41) is 33.8. The summed E-state index contributed by atoms with van der Waals surface area (Å²) in [5.74, 6) is -5.02. The Balaban J connectivity index is 0. The van der Waals surface area contributed by atoms with Crippen LogP contribution >= 0.6 is 7.82 Å². The number of phosphoric acid groups is 1. The van der Waals surface area contributed by atoms with Crippen LogP contribution in [0.3, 0.4) is 0 Å². The maximum absolute atomic E-state index is 10.3. The Hall–Kier alpha value is -1.52. The Labute approximate surface area is 99.2 Å². The first-order valence-electron chi connectivity index (χ1n) is 3.95. The normalized spacial score (nSPS) is 11.1. The molecule has 0 bridgehead atoms. The van der Waals surface area contributed by atoms with E-state index in [0.29, 0.717) is 0 Å². The quantitative estimate of drug-likeness (QED) is 0.270. The van der Waals surface area contributed by atoms with E-state index in [0.717, 1.165) is 0 Å². The van der Waals surface area contributed by atoms with Gasteiger partial charge >= 0.3 is 25.7 Å². The maximum atomic E-state index is 10.3. The summed E-state index contributed by atoms with van der Waals surface area (Å²) in [4.78, 5) is 52.0. The second-order valence-corrected chi connectivity index (χ2v) is 4.02. The Kier molecular flexibility index (Phi) is 7.36. The molecular weight excluding hydrogens is 279 g/mol. The molecule has 0 aliphatic carbocycles. The lowest BCUT2D eigenvalue weighted by atomic mass is 9.96. The van der Waals surface area contributed by atoms with Gasteiger partial charge in [0.15, 0.2) is 5.60 Å². The molecular formula is C6H11O11P. The Morgan fingerprint density at radius 3 is 1.22 bits per heavy atom. The van der Waals surface area contributed by atoms with Crippen molar-refractivity contribution < 1.29 is 54.1 Å². The summed E-state index contributed by atoms with van der Waals surface area (Å²) < 4.78 is 8.88. The zero-order valence-electron chi connectivity index (χ0n) is 8.62. The van der Waals surface area contributed by atoms with Crippen LogP contribution in [0.5, 0.6) is 0 Å². The van der Waals surface area contributed by atoms with E-state index in [-0.39, 0.29) is 0 Å². The minimum absolute atomic E-state index is 1.14. The topological polar surface area (TPSA) is 210 Å². The lowest BCUT2D eigenvalue weighted by Gasteiger charge is -2.18. The standard InChI is InChI=1S/C6H8O7.H3O4P/c7-3(8)1-6(13,5(11)12)2-4(9)10;1-5(2,3)4/h13H,1-2H2,(H,7,8)(H,9,10)(H,11,12);(H3,1,2,3,4). The van der Waals surface area contributed by atoms with Gasteiger partial charge in [-0.3, -0.25) is 9.59 Å². The number of hydrogen-bond donors (Lipinski definition) is 7. The summed E-state index contributed by atoms with van der Waals surface area (Å²) in [6.45, 7) is 0. The third kappa shape index (κ3) is 12.5. The Bertz CT molecular complexity index is 343. The average molecular weight is 290 g/mol. The lowest BCUT2D eigenvalue weighted by molar-refractivity contribution is -0.170. The largest absolute Gasteiger partial charge is 0.481 e. The van der Waals surface area contributed by atoms with Crippen LogP contribution in [0.4, 0.5) is 0 Å². The van der Waals surface area contributed by atoms with E-state index >= 15 is 0 Å². The van der Waals surface area contributed by atoms with Crippen LogP contribution in [-0.2, 0) is 18.9 Å². The molecule has 0 aliphatic heterocycles. The number of carboxylic acid groups (broad SMARTS) is 3. The number of hydrogen-bond acceptors (Lipinski definition) is 5. The highest BCUT2D eigenvalue weighted by atomic mass is 31.2. The molecule has 0 atom stereocenters. The monoisotopic (exact) mass is 290 g/mol. The van der Waals surface area contributed by atoms with Gasteiger partial charge in [0, 0.05) is 0 Å². The molecule has 12 heteroatoms. The number of carboxylic acids is 3. The van der Waals surface area contributed by atoms with Gasteiger partial charge in [-0.25, -0.2) is 9.36 Å². The van der Waals surface area contributed by atoms with Crippen molar-refractivity contribution in [2.45, 2.75) is 18.4 Å². The minimum atomic E-state index is -4.64. The van der Waals surface area contributed by atoms with Crippen LogP contribution in [-0.4, -0.2) is 58.6 Å². The Morgan fingerprint density at radius 1 is 0.889 bits per heavy atom. The van der Waals surface area contributed by atoms with Crippen molar-refractivity contribution in [3.8, 4) is 0 Å². The van der Waals surface area contributed by atoms with Crippen molar-refractivity contribution in [3.63, 3.8) is 0 Å². The van der Waals surface area contributed by atoms with E-state index in [1.807, 2.05) is 0 Å². The average Bonchev–Trinajstić information content (AvgIpc) is 1.95. The second-order valence-electron chi connectivity index (χ2n) is 2.99. The van der Waals surface area contributed by atoms with Gasteiger partial charge < -0.3 is 35.1 Å². The molecule has 18 heavy (non-hydrogen) atoms. The van der Waals surface area contributed by atoms with E-state index in [1.165, 1.54) is 0 Å². The molecule has 0 aromatic carbocycles. The summed E-state index contributed by atoms with van der Waals surface area (Å²) >= 11 is 0. The molecule has 0 rings (SSSR count). The smallest absolute Gasteiger partial charge is 0.466 e. The first kappa shape index (κ1) is 18.8. The van der Waals surface area contributed by atoms with Gasteiger partial charge in [0.25, 0.3) is 0 Å². The fourth-order valence-corrected chi connectivity index (χ4v) is 0.714. The molecule has 0 saturated carbocycles. The van der Waals surface area contributed by atoms with Crippen LogP contribution in [0.1, 0.15) is 12.8 Å². The van der Waals surface area contributed by atoms with E-state index in [1.54, 1.807) is 0 Å². The first-order valence-corrected chi connectivity index (χ1v) is 5.52. The van der Waals surface area contributed by atoms with Crippen molar-refractivity contribution >= 4 is 25.7 Å². The number of aliphatic hydroxyl groups is 1. The van der Waals surface area contributed by atoms with Gasteiger partial charge in [0.1, 0.15) is 0 Å². The molecule has 0 unspecified atom stereocenters. The summed E-state index contributed by atoms with van der Waals surface area (Å²) in [7, 11) is -4.64. The molecule has 0 aromatic rings. The minimum Gasteiger partial charge on any atom is -0.481 e. The predicted octanol–water partition coefficient (Wildman–Crippen LogP) is -2.18. The van der Waals surface area contributed by atoms with Crippen molar-refractivity contribution in [1.29, 1.82) is 0 Å². The third-order valence-electron chi connectivity index (χ3n) is 1.29. The molecule has 0 amide bonds. The van der Waals surface area contributed by atoms with Crippen molar-refractivity contribution in [1.82, 2.24) is 0 Å². The van der Waals surface area contributed by atoms with Gasteiger partial charge in [-0.05, 0) is 0 Å². The highest BCUT2D eigenvalue weighted by Gasteiger charge is 2.40. The van der Waals surface area contributed by atoms with Crippen molar-refractivity contribution in [3.05, 3.63) is 0 Å². The molecule has 0 aliphatic rings. The molecule has 0 radical (unpaired) electrons. The molecule has 11 nitrogen and oxygen atoms in total. The van der Waals surface area contributed by atoms with Crippen molar-refractivity contribution in [2.75, 3.05) is 0 Å². The van der Waals surface area contributed by atoms with E-state index in [4.69, 9.17) is 39.7 Å². The Morgan fingerprint density at radius 2 is 1.11 bits per heavy atom. The van der Waals surface area contributed by atoms with Gasteiger partial charge in [-0.15, -0.1) is 0 Å². The zero-order chi connectivity index (χ0) is 15.1. The van der Waals surface area contributed by atoms with Gasteiger partial charge in [0.05, 0.1) is 12.8 Å². The predicted molar refractivity (Wildman–Crippen MR) is 51.4 cm³/mol. The number of rotatable bonds is 5. The molecule has 0 spiro atoms. The number of carbonyl (C=O) groups is 3. The van der Waals surface area contributed by atoms with Gasteiger partial charge in [-0.1, -0.05) is 0 Å².